The van der Waals surface area contributed by atoms with Crippen molar-refractivity contribution in [2.45, 2.75) is 131 Å². The molecule has 0 heterocycles. The molecule has 4 aliphatic carbocycles. The number of allylic oxidation sites excluding steroid dienone is 1. The van der Waals surface area contributed by atoms with Gasteiger partial charge in [-0.25, -0.2) is 4.79 Å². The standard InChI is InChI=1S/C40H58O8/c1-26(2)7-6-8-27(3)33-15-16-34-32-14-11-29-23-31(19-21-39(29,4)35(32)20-22-40(33,34)5)47-37(43)18-17-36(42)45-25-46-38(44)48-30-12-9-28(24-41)10-13-30/h9-13,26-27,31-35,41H,6-8,14-25H2,1-5H3/t27-,31+,32+,33-,34+,35+,39+,40-/m1/s1. The van der Waals surface area contributed by atoms with Crippen LogP contribution in [0.15, 0.2) is 35.9 Å². The Kier molecular flexibility index (Phi) is 12.0. The summed E-state index contributed by atoms with van der Waals surface area (Å²) in [6, 6.07) is 6.26. The van der Waals surface area contributed by atoms with E-state index in [1.54, 1.807) is 12.1 Å². The fourth-order valence-electron chi connectivity index (χ4n) is 10.2. The molecule has 266 valence electrons. The number of ether oxygens (including phenoxy) is 4. The van der Waals surface area contributed by atoms with Gasteiger partial charge in [-0.3, -0.25) is 9.59 Å². The molecule has 1 aromatic rings. The largest absolute Gasteiger partial charge is 0.516 e. The second-order valence-corrected chi connectivity index (χ2v) is 16.1. The average Bonchev–Trinajstić information content (AvgIpc) is 3.41. The third-order valence-corrected chi connectivity index (χ3v) is 12.8. The Bertz CT molecular complexity index is 1300. The molecule has 3 fully saturated rings. The van der Waals surface area contributed by atoms with Crippen LogP contribution in [-0.2, 0) is 30.4 Å². The Labute approximate surface area is 287 Å². The lowest BCUT2D eigenvalue weighted by Gasteiger charge is -2.58. The Hall–Kier alpha value is -2.87. The lowest BCUT2D eigenvalue weighted by molar-refractivity contribution is -0.159. The van der Waals surface area contributed by atoms with Crippen LogP contribution < -0.4 is 4.74 Å². The number of esters is 2. The Morgan fingerprint density at radius 1 is 0.896 bits per heavy atom. The van der Waals surface area contributed by atoms with Gasteiger partial charge < -0.3 is 24.1 Å². The first kappa shape index (κ1) is 36.4. The first-order valence-electron chi connectivity index (χ1n) is 18.5. The van der Waals surface area contributed by atoms with E-state index in [0.29, 0.717) is 16.9 Å². The summed E-state index contributed by atoms with van der Waals surface area (Å²) in [7, 11) is 0. The van der Waals surface area contributed by atoms with E-state index in [9.17, 15) is 14.4 Å². The van der Waals surface area contributed by atoms with Crippen LogP contribution in [0.25, 0.3) is 0 Å². The number of carbonyl (C=O) groups is 3. The van der Waals surface area contributed by atoms with E-state index >= 15 is 0 Å². The predicted octanol–water partition coefficient (Wildman–Crippen LogP) is 8.93. The number of fused-ring (bicyclic) bond motifs is 5. The maximum Gasteiger partial charge on any atom is 0.516 e. The minimum Gasteiger partial charge on any atom is -0.462 e. The van der Waals surface area contributed by atoms with Crippen LogP contribution in [0.1, 0.15) is 124 Å². The van der Waals surface area contributed by atoms with Crippen LogP contribution in [0.2, 0.25) is 0 Å². The average molecular weight is 667 g/mol. The van der Waals surface area contributed by atoms with Crippen molar-refractivity contribution in [2.75, 3.05) is 6.79 Å². The molecule has 8 heteroatoms. The van der Waals surface area contributed by atoms with Gasteiger partial charge in [0.05, 0.1) is 19.4 Å². The van der Waals surface area contributed by atoms with Crippen molar-refractivity contribution in [3.8, 4) is 5.75 Å². The highest BCUT2D eigenvalue weighted by molar-refractivity contribution is 5.77. The summed E-state index contributed by atoms with van der Waals surface area (Å²) in [5.74, 6) is 3.92. The summed E-state index contributed by atoms with van der Waals surface area (Å²) in [6.07, 6.45) is 14.4. The number of hydrogen-bond donors (Lipinski definition) is 1. The molecule has 1 N–H and O–H groups in total. The third-order valence-electron chi connectivity index (χ3n) is 12.8. The predicted molar refractivity (Wildman–Crippen MR) is 183 cm³/mol. The second-order valence-electron chi connectivity index (χ2n) is 16.1. The van der Waals surface area contributed by atoms with E-state index in [0.717, 1.165) is 55.3 Å². The highest BCUT2D eigenvalue weighted by Gasteiger charge is 2.59. The molecule has 48 heavy (non-hydrogen) atoms. The summed E-state index contributed by atoms with van der Waals surface area (Å²) in [6.45, 7) is 11.6. The highest BCUT2D eigenvalue weighted by Crippen LogP contribution is 2.67. The zero-order valence-corrected chi connectivity index (χ0v) is 29.8. The second kappa shape index (κ2) is 15.8. The minimum atomic E-state index is -1.02. The van der Waals surface area contributed by atoms with Crippen LogP contribution in [0.4, 0.5) is 4.79 Å². The number of rotatable bonds is 13. The minimum absolute atomic E-state index is 0.0880. The number of aliphatic hydroxyl groups is 1. The summed E-state index contributed by atoms with van der Waals surface area (Å²) < 4.78 is 20.6. The Balaban J connectivity index is 1.04. The zero-order chi connectivity index (χ0) is 34.5. The van der Waals surface area contributed by atoms with Gasteiger partial charge in [-0.1, -0.05) is 77.7 Å². The van der Waals surface area contributed by atoms with Gasteiger partial charge in [0.15, 0.2) is 0 Å². The summed E-state index contributed by atoms with van der Waals surface area (Å²) in [5, 5.41) is 9.09. The molecule has 8 atom stereocenters. The van der Waals surface area contributed by atoms with E-state index in [-0.39, 0.29) is 36.7 Å². The maximum absolute atomic E-state index is 12.7. The third kappa shape index (κ3) is 8.28. The molecule has 1 aromatic carbocycles. The first-order valence-corrected chi connectivity index (χ1v) is 18.5. The van der Waals surface area contributed by atoms with Crippen LogP contribution in [0.5, 0.6) is 5.75 Å². The molecule has 0 amide bonds. The van der Waals surface area contributed by atoms with Crippen LogP contribution in [0.3, 0.4) is 0 Å². The Morgan fingerprint density at radius 3 is 2.38 bits per heavy atom. The van der Waals surface area contributed by atoms with Crippen molar-refractivity contribution in [3.05, 3.63) is 41.5 Å². The number of hydrogen-bond acceptors (Lipinski definition) is 8. The van der Waals surface area contributed by atoms with E-state index in [2.05, 4.69) is 40.7 Å². The summed E-state index contributed by atoms with van der Waals surface area (Å²) in [4.78, 5) is 36.7. The van der Waals surface area contributed by atoms with Gasteiger partial charge in [-0.15, -0.1) is 0 Å². The number of aliphatic hydroxyl groups excluding tert-OH is 1. The molecule has 0 unspecified atom stereocenters. The molecule has 0 saturated heterocycles. The van der Waals surface area contributed by atoms with Gasteiger partial charge in [-0.05, 0) is 109 Å². The molecule has 4 aliphatic rings. The molecule has 0 radical (unpaired) electrons. The molecule has 0 aromatic heterocycles. The van der Waals surface area contributed by atoms with Gasteiger partial charge in [-0.2, -0.15) is 0 Å². The molecule has 0 aliphatic heterocycles. The normalized spacial score (nSPS) is 31.5. The number of benzene rings is 1. The van der Waals surface area contributed by atoms with E-state index < -0.39 is 24.9 Å². The van der Waals surface area contributed by atoms with Crippen LogP contribution in [0, 0.1) is 46.3 Å². The molecule has 8 nitrogen and oxygen atoms in total. The number of carbonyl (C=O) groups excluding carboxylic acids is 3. The van der Waals surface area contributed by atoms with Crippen molar-refractivity contribution >= 4 is 18.1 Å². The van der Waals surface area contributed by atoms with Gasteiger partial charge >= 0.3 is 18.1 Å². The van der Waals surface area contributed by atoms with Crippen LogP contribution in [-0.4, -0.2) is 36.1 Å². The van der Waals surface area contributed by atoms with Gasteiger partial charge in [0.2, 0.25) is 6.79 Å². The van der Waals surface area contributed by atoms with Crippen molar-refractivity contribution < 1.29 is 38.4 Å². The molecule has 5 rings (SSSR count). The summed E-state index contributed by atoms with van der Waals surface area (Å²) >= 11 is 0. The molecular formula is C40H58O8. The Morgan fingerprint density at radius 2 is 1.65 bits per heavy atom. The topological polar surface area (TPSA) is 108 Å². The van der Waals surface area contributed by atoms with Gasteiger partial charge in [0.1, 0.15) is 11.9 Å². The molecule has 0 bridgehead atoms. The first-order chi connectivity index (χ1) is 22.9. The quantitative estimate of drug-likeness (QED) is 0.0962. The van der Waals surface area contributed by atoms with Crippen molar-refractivity contribution in [1.82, 2.24) is 0 Å². The van der Waals surface area contributed by atoms with Gasteiger partial charge in [0.25, 0.3) is 0 Å². The highest BCUT2D eigenvalue weighted by atomic mass is 16.8. The lowest BCUT2D eigenvalue weighted by Crippen LogP contribution is -2.51. The maximum atomic E-state index is 12.7. The fourth-order valence-corrected chi connectivity index (χ4v) is 10.2. The van der Waals surface area contributed by atoms with Gasteiger partial charge in [0, 0.05) is 6.42 Å². The molecule has 3 saturated carbocycles. The van der Waals surface area contributed by atoms with E-state index in [1.807, 2.05) is 0 Å². The SMILES string of the molecule is CC(C)CCC[C@@H](C)[C@H]1CC[C@H]2[C@@H]3CC=C4C[C@@H](OC(=O)CCC(=O)OCOC(=O)Oc5ccc(CO)cc5)CC[C@]4(C)[C@H]3CC[C@]12C. The fraction of sp³-hybridized carbons (Fsp3) is 0.725. The monoisotopic (exact) mass is 666 g/mol. The smallest absolute Gasteiger partial charge is 0.462 e. The van der Waals surface area contributed by atoms with Crippen molar-refractivity contribution in [1.29, 1.82) is 0 Å². The summed E-state index contributed by atoms with van der Waals surface area (Å²) in [5.41, 5.74) is 2.80. The van der Waals surface area contributed by atoms with Crippen molar-refractivity contribution in [3.63, 3.8) is 0 Å². The van der Waals surface area contributed by atoms with Crippen LogP contribution >= 0.6 is 0 Å². The van der Waals surface area contributed by atoms with E-state index in [1.165, 1.54) is 62.7 Å². The van der Waals surface area contributed by atoms with E-state index in [4.69, 9.17) is 24.1 Å². The molecular weight excluding hydrogens is 608 g/mol. The van der Waals surface area contributed by atoms with Crippen molar-refractivity contribution in [2.24, 2.45) is 46.3 Å². The lowest BCUT2D eigenvalue weighted by atomic mass is 9.47. The molecule has 0 spiro atoms. The zero-order valence-electron chi connectivity index (χ0n) is 29.8.